The lowest BCUT2D eigenvalue weighted by atomic mass is 9.85. The lowest BCUT2D eigenvalue weighted by molar-refractivity contribution is 0.0839. The summed E-state index contributed by atoms with van der Waals surface area (Å²) in [6.07, 6.45) is 1.16. The van der Waals surface area contributed by atoms with Crippen LogP contribution in [0.2, 0.25) is 0 Å². The third-order valence-electron chi connectivity index (χ3n) is 5.26. The maximum absolute atomic E-state index is 13.3. The van der Waals surface area contributed by atoms with E-state index in [0.29, 0.717) is 10.8 Å². The molecule has 1 amide bonds. The third-order valence-corrected chi connectivity index (χ3v) is 6.36. The largest absolute Gasteiger partial charge is 0.346 e. The maximum atomic E-state index is 13.3. The van der Waals surface area contributed by atoms with Gasteiger partial charge in [0.15, 0.2) is 0 Å². The molecule has 2 bridgehead atoms. The number of piperidine rings is 1. The van der Waals surface area contributed by atoms with Crippen LogP contribution in [0.5, 0.6) is 0 Å². The number of nitrogens with zero attached hydrogens (tertiary/aromatic N) is 1. The number of rotatable bonds is 2. The Bertz CT molecular complexity index is 754. The number of benzene rings is 1. The van der Waals surface area contributed by atoms with Crippen LogP contribution in [-0.2, 0) is 0 Å². The van der Waals surface area contributed by atoms with Crippen molar-refractivity contribution in [2.75, 3.05) is 13.1 Å². The van der Waals surface area contributed by atoms with Gasteiger partial charge in [-0.15, -0.1) is 11.3 Å². The second-order valence-corrected chi connectivity index (χ2v) is 7.98. The summed E-state index contributed by atoms with van der Waals surface area (Å²) in [4.78, 5) is 15.7. The van der Waals surface area contributed by atoms with Gasteiger partial charge in [0.1, 0.15) is 5.82 Å². The normalized spacial score (nSPS) is 29.1. The van der Waals surface area contributed by atoms with Crippen molar-refractivity contribution >= 4 is 27.3 Å². The van der Waals surface area contributed by atoms with Gasteiger partial charge >= 0.3 is 0 Å². The summed E-state index contributed by atoms with van der Waals surface area (Å²) in [7, 11) is 0. The molecule has 3 atom stereocenters. The Balaban J connectivity index is 1.59. The molecule has 2 aromatic rings. The van der Waals surface area contributed by atoms with Crippen LogP contribution < -0.4 is 5.32 Å². The molecule has 116 valence electrons. The lowest BCUT2D eigenvalue weighted by Crippen LogP contribution is -2.56. The molecule has 2 aliphatic heterocycles. The average molecular weight is 318 g/mol. The number of carbonyl (C=O) groups excluding carboxylic acids is 1. The molecule has 0 radical (unpaired) electrons. The molecule has 2 saturated heterocycles. The minimum absolute atomic E-state index is 0.0152. The van der Waals surface area contributed by atoms with E-state index in [1.165, 1.54) is 23.5 Å². The first-order chi connectivity index (χ1) is 10.4. The van der Waals surface area contributed by atoms with E-state index < -0.39 is 0 Å². The van der Waals surface area contributed by atoms with Crippen LogP contribution in [-0.4, -0.2) is 35.5 Å². The van der Waals surface area contributed by atoms with Gasteiger partial charge in [-0.1, -0.05) is 6.07 Å². The molecular formula is C17H19FN2OS. The SMILES string of the molecule is CC1(C)[C@@H](NC(=O)c2cc3ccc(F)cc3s2)C2CCN1C2. The smallest absolute Gasteiger partial charge is 0.261 e. The zero-order valence-electron chi connectivity index (χ0n) is 12.7. The number of carbonyl (C=O) groups is 1. The first-order valence-corrected chi connectivity index (χ1v) is 8.52. The molecule has 2 unspecified atom stereocenters. The molecule has 5 heteroatoms. The number of halogens is 1. The second kappa shape index (κ2) is 4.77. The quantitative estimate of drug-likeness (QED) is 0.922. The van der Waals surface area contributed by atoms with E-state index in [1.807, 2.05) is 6.07 Å². The molecule has 1 N–H and O–H groups in total. The van der Waals surface area contributed by atoms with Crippen molar-refractivity contribution in [3.05, 3.63) is 35.0 Å². The van der Waals surface area contributed by atoms with Gasteiger partial charge in [-0.3, -0.25) is 9.69 Å². The summed E-state index contributed by atoms with van der Waals surface area (Å²) in [5, 5.41) is 4.15. The highest BCUT2D eigenvalue weighted by atomic mass is 32.1. The fourth-order valence-electron chi connectivity index (χ4n) is 3.98. The summed E-state index contributed by atoms with van der Waals surface area (Å²) in [6.45, 7) is 6.62. The highest BCUT2D eigenvalue weighted by Crippen LogP contribution is 2.40. The summed E-state index contributed by atoms with van der Waals surface area (Å²) >= 11 is 1.36. The van der Waals surface area contributed by atoms with Crippen LogP contribution in [0.25, 0.3) is 10.1 Å². The van der Waals surface area contributed by atoms with E-state index in [0.717, 1.165) is 29.6 Å². The summed E-state index contributed by atoms with van der Waals surface area (Å²) in [5.74, 6) is 0.252. The number of nitrogens with one attached hydrogen (secondary N) is 1. The third kappa shape index (κ3) is 2.07. The monoisotopic (exact) mass is 318 g/mol. The molecule has 0 spiro atoms. The average Bonchev–Trinajstić information content (AvgIpc) is 3.14. The van der Waals surface area contributed by atoms with Crippen LogP contribution in [0.1, 0.15) is 29.9 Å². The van der Waals surface area contributed by atoms with Crippen molar-refractivity contribution < 1.29 is 9.18 Å². The van der Waals surface area contributed by atoms with Gasteiger partial charge in [-0.2, -0.15) is 0 Å². The van der Waals surface area contributed by atoms with E-state index in [9.17, 15) is 9.18 Å². The predicted octanol–water partition coefficient (Wildman–Crippen LogP) is 3.25. The number of hydrogen-bond donors (Lipinski definition) is 1. The van der Waals surface area contributed by atoms with Crippen molar-refractivity contribution in [1.82, 2.24) is 10.2 Å². The van der Waals surface area contributed by atoms with E-state index in [1.54, 1.807) is 6.07 Å². The molecule has 1 aromatic heterocycles. The molecule has 1 aromatic carbocycles. The molecule has 2 aliphatic rings. The van der Waals surface area contributed by atoms with Crippen LogP contribution in [0.15, 0.2) is 24.3 Å². The Morgan fingerprint density at radius 1 is 1.41 bits per heavy atom. The summed E-state index contributed by atoms with van der Waals surface area (Å²) in [5.41, 5.74) is 0.0152. The van der Waals surface area contributed by atoms with Gasteiger partial charge in [0.2, 0.25) is 0 Å². The zero-order valence-corrected chi connectivity index (χ0v) is 13.5. The van der Waals surface area contributed by atoms with Gasteiger partial charge < -0.3 is 5.32 Å². The Labute approximate surface area is 133 Å². The Morgan fingerprint density at radius 2 is 2.23 bits per heavy atom. The molecule has 0 aliphatic carbocycles. The van der Waals surface area contributed by atoms with Crippen molar-refractivity contribution in [2.45, 2.75) is 31.8 Å². The molecule has 3 nitrogen and oxygen atoms in total. The molecule has 0 saturated carbocycles. The number of amides is 1. The van der Waals surface area contributed by atoms with Crippen molar-refractivity contribution in [1.29, 1.82) is 0 Å². The molecular weight excluding hydrogens is 299 g/mol. The first-order valence-electron chi connectivity index (χ1n) is 7.70. The number of thiophene rings is 1. The van der Waals surface area contributed by atoms with E-state index in [2.05, 4.69) is 24.1 Å². The fourth-order valence-corrected chi connectivity index (χ4v) is 4.97. The van der Waals surface area contributed by atoms with E-state index >= 15 is 0 Å². The van der Waals surface area contributed by atoms with Gasteiger partial charge in [-0.05, 0) is 56.3 Å². The van der Waals surface area contributed by atoms with Crippen molar-refractivity contribution in [3.8, 4) is 0 Å². The summed E-state index contributed by atoms with van der Waals surface area (Å²) < 4.78 is 14.1. The van der Waals surface area contributed by atoms with Crippen LogP contribution in [0.3, 0.4) is 0 Å². The fraction of sp³-hybridized carbons (Fsp3) is 0.471. The molecule has 2 fully saturated rings. The number of fused-ring (bicyclic) bond motifs is 3. The highest BCUT2D eigenvalue weighted by Gasteiger charge is 2.51. The number of hydrogen-bond acceptors (Lipinski definition) is 3. The first kappa shape index (κ1) is 14.2. The maximum Gasteiger partial charge on any atom is 0.261 e. The Morgan fingerprint density at radius 3 is 2.95 bits per heavy atom. The molecule has 22 heavy (non-hydrogen) atoms. The molecule has 4 rings (SSSR count). The Kier molecular flexibility index (Phi) is 3.07. The van der Waals surface area contributed by atoms with Gasteiger partial charge in [0.05, 0.1) is 10.9 Å². The minimum atomic E-state index is -0.261. The van der Waals surface area contributed by atoms with Gasteiger partial charge in [0, 0.05) is 16.8 Å². The van der Waals surface area contributed by atoms with E-state index in [-0.39, 0.29) is 23.3 Å². The minimum Gasteiger partial charge on any atom is -0.346 e. The van der Waals surface area contributed by atoms with Gasteiger partial charge in [0.25, 0.3) is 5.91 Å². The predicted molar refractivity (Wildman–Crippen MR) is 86.8 cm³/mol. The van der Waals surface area contributed by atoms with Crippen LogP contribution >= 0.6 is 11.3 Å². The van der Waals surface area contributed by atoms with Crippen LogP contribution in [0.4, 0.5) is 4.39 Å². The van der Waals surface area contributed by atoms with E-state index in [4.69, 9.17) is 0 Å². The zero-order chi connectivity index (χ0) is 15.5. The highest BCUT2D eigenvalue weighted by molar-refractivity contribution is 7.20. The van der Waals surface area contributed by atoms with Gasteiger partial charge in [-0.25, -0.2) is 4.39 Å². The topological polar surface area (TPSA) is 32.3 Å². The molecule has 3 heterocycles. The van der Waals surface area contributed by atoms with Crippen LogP contribution in [0, 0.1) is 11.7 Å². The van der Waals surface area contributed by atoms with Crippen molar-refractivity contribution in [2.24, 2.45) is 5.92 Å². The summed E-state index contributed by atoms with van der Waals surface area (Å²) in [6, 6.07) is 6.70. The van der Waals surface area contributed by atoms with Crippen molar-refractivity contribution in [3.63, 3.8) is 0 Å². The standard InChI is InChI=1S/C17H19FN2OS/c1-17(2)15(11-5-6-20(17)9-11)19-16(21)14-7-10-3-4-12(18)8-13(10)22-14/h3-4,7-8,11,15H,5-6,9H2,1-2H3,(H,19,21)/t11?,15-/m0/s1. The lowest BCUT2D eigenvalue weighted by Gasteiger charge is -2.40. The second-order valence-electron chi connectivity index (χ2n) is 6.89. The Hall–Kier alpha value is -1.46.